The Labute approximate surface area is 130 Å². The first-order valence-electron chi connectivity index (χ1n) is 6.72. The maximum absolute atomic E-state index is 13.7. The molecule has 108 valence electrons. The monoisotopic (exact) mass is 348 g/mol. The summed E-state index contributed by atoms with van der Waals surface area (Å²) in [6, 6.07) is 10.1. The fraction of sp³-hybridized carbons (Fsp3) is 0.188. The smallest absolute Gasteiger partial charge is 0.258 e. The molecule has 2 aromatic rings. The third-order valence-corrected chi connectivity index (χ3v) is 4.02. The van der Waals surface area contributed by atoms with E-state index in [0.29, 0.717) is 10.2 Å². The Morgan fingerprint density at radius 3 is 2.90 bits per heavy atom. The van der Waals surface area contributed by atoms with E-state index in [1.165, 1.54) is 23.3 Å². The van der Waals surface area contributed by atoms with Crippen LogP contribution in [0.4, 0.5) is 10.1 Å². The first-order chi connectivity index (χ1) is 10.1. The van der Waals surface area contributed by atoms with Gasteiger partial charge in [0.15, 0.2) is 0 Å². The predicted octanol–water partition coefficient (Wildman–Crippen LogP) is 3.49. The van der Waals surface area contributed by atoms with Crippen molar-refractivity contribution in [2.75, 3.05) is 11.9 Å². The molecule has 21 heavy (non-hydrogen) atoms. The molecule has 0 bridgehead atoms. The number of hydrogen-bond donors (Lipinski definition) is 2. The molecule has 1 amide bonds. The third-order valence-electron chi connectivity index (χ3n) is 3.52. The summed E-state index contributed by atoms with van der Waals surface area (Å²) >= 11 is 3.24. The molecule has 2 N–H and O–H groups in total. The molecule has 5 heteroatoms. The SMILES string of the molecule is O=C(Nc1ccc2c(c1)CNCC2)c1cc(Br)ccc1F. The van der Waals surface area contributed by atoms with Gasteiger partial charge in [-0.05, 0) is 54.4 Å². The van der Waals surface area contributed by atoms with Crippen molar-refractivity contribution >= 4 is 27.5 Å². The second-order valence-corrected chi connectivity index (χ2v) is 5.90. The Kier molecular flexibility index (Phi) is 4.03. The van der Waals surface area contributed by atoms with Gasteiger partial charge in [-0.25, -0.2) is 4.39 Å². The van der Waals surface area contributed by atoms with Gasteiger partial charge in [-0.3, -0.25) is 4.79 Å². The normalized spacial score (nSPS) is 13.6. The summed E-state index contributed by atoms with van der Waals surface area (Å²) in [6.45, 7) is 1.77. The zero-order valence-corrected chi connectivity index (χ0v) is 12.8. The summed E-state index contributed by atoms with van der Waals surface area (Å²) in [5.41, 5.74) is 3.18. The van der Waals surface area contributed by atoms with Gasteiger partial charge in [0.05, 0.1) is 5.56 Å². The van der Waals surface area contributed by atoms with E-state index in [1.807, 2.05) is 18.2 Å². The summed E-state index contributed by atoms with van der Waals surface area (Å²) in [4.78, 5) is 12.2. The average Bonchev–Trinajstić information content (AvgIpc) is 2.49. The quantitative estimate of drug-likeness (QED) is 0.872. The van der Waals surface area contributed by atoms with Gasteiger partial charge < -0.3 is 10.6 Å². The molecular formula is C16H14BrFN2O. The van der Waals surface area contributed by atoms with Crippen LogP contribution in [-0.4, -0.2) is 12.5 Å². The van der Waals surface area contributed by atoms with Gasteiger partial charge in [0.25, 0.3) is 5.91 Å². The van der Waals surface area contributed by atoms with Crippen LogP contribution in [0.2, 0.25) is 0 Å². The van der Waals surface area contributed by atoms with Gasteiger partial charge >= 0.3 is 0 Å². The highest BCUT2D eigenvalue weighted by atomic mass is 79.9. The molecule has 0 unspecified atom stereocenters. The molecule has 0 saturated carbocycles. The van der Waals surface area contributed by atoms with Crippen molar-refractivity contribution in [2.45, 2.75) is 13.0 Å². The first kappa shape index (κ1) is 14.2. The highest BCUT2D eigenvalue weighted by Crippen LogP contribution is 2.21. The zero-order valence-electron chi connectivity index (χ0n) is 11.2. The van der Waals surface area contributed by atoms with Crippen LogP contribution in [0.5, 0.6) is 0 Å². The lowest BCUT2D eigenvalue weighted by molar-refractivity contribution is 0.102. The van der Waals surface area contributed by atoms with Gasteiger partial charge in [0.2, 0.25) is 0 Å². The van der Waals surface area contributed by atoms with E-state index in [0.717, 1.165) is 19.5 Å². The van der Waals surface area contributed by atoms with Crippen LogP contribution in [0.15, 0.2) is 40.9 Å². The topological polar surface area (TPSA) is 41.1 Å². The summed E-state index contributed by atoms with van der Waals surface area (Å²) in [5.74, 6) is -0.979. The van der Waals surface area contributed by atoms with E-state index in [4.69, 9.17) is 0 Å². The Morgan fingerprint density at radius 1 is 1.19 bits per heavy atom. The van der Waals surface area contributed by atoms with Crippen molar-refractivity contribution in [3.63, 3.8) is 0 Å². The summed E-state index contributed by atoms with van der Waals surface area (Å²) in [7, 11) is 0. The number of rotatable bonds is 2. The van der Waals surface area contributed by atoms with Gasteiger partial charge in [-0.2, -0.15) is 0 Å². The Bertz CT molecular complexity index is 703. The lowest BCUT2D eigenvalue weighted by Gasteiger charge is -2.18. The number of nitrogens with one attached hydrogen (secondary N) is 2. The maximum atomic E-state index is 13.7. The fourth-order valence-corrected chi connectivity index (χ4v) is 2.79. The molecule has 3 nitrogen and oxygen atoms in total. The minimum Gasteiger partial charge on any atom is -0.322 e. The van der Waals surface area contributed by atoms with Crippen LogP contribution in [0, 0.1) is 5.82 Å². The molecule has 1 aliphatic heterocycles. The number of anilines is 1. The molecular weight excluding hydrogens is 335 g/mol. The highest BCUT2D eigenvalue weighted by molar-refractivity contribution is 9.10. The Balaban J connectivity index is 1.83. The Hall–Kier alpha value is -1.72. The van der Waals surface area contributed by atoms with Crippen LogP contribution < -0.4 is 10.6 Å². The van der Waals surface area contributed by atoms with Crippen LogP contribution in [-0.2, 0) is 13.0 Å². The number of halogens is 2. The molecule has 0 fully saturated rings. The molecule has 1 heterocycles. The lowest BCUT2D eigenvalue weighted by atomic mass is 10.0. The van der Waals surface area contributed by atoms with Gasteiger partial charge in [-0.1, -0.05) is 22.0 Å². The van der Waals surface area contributed by atoms with Crippen molar-refractivity contribution in [2.24, 2.45) is 0 Å². The summed E-state index contributed by atoms with van der Waals surface area (Å²) in [5, 5.41) is 6.04. The third kappa shape index (κ3) is 3.14. The number of fused-ring (bicyclic) bond motifs is 1. The molecule has 0 spiro atoms. The highest BCUT2D eigenvalue weighted by Gasteiger charge is 2.14. The van der Waals surface area contributed by atoms with Crippen LogP contribution >= 0.6 is 15.9 Å². The molecule has 0 radical (unpaired) electrons. The molecule has 0 aromatic heterocycles. The van der Waals surface area contributed by atoms with Gasteiger partial charge in [0.1, 0.15) is 5.82 Å². The second-order valence-electron chi connectivity index (χ2n) is 4.99. The van der Waals surface area contributed by atoms with E-state index in [-0.39, 0.29) is 5.56 Å². The summed E-state index contributed by atoms with van der Waals surface area (Å²) in [6.07, 6.45) is 0.990. The van der Waals surface area contributed by atoms with Crippen LogP contribution in [0.1, 0.15) is 21.5 Å². The summed E-state index contributed by atoms with van der Waals surface area (Å²) < 4.78 is 14.4. The average molecular weight is 349 g/mol. The van der Waals surface area contributed by atoms with E-state index in [2.05, 4.69) is 26.6 Å². The predicted molar refractivity (Wildman–Crippen MR) is 83.9 cm³/mol. The van der Waals surface area contributed by atoms with Crippen LogP contribution in [0.25, 0.3) is 0 Å². The van der Waals surface area contributed by atoms with Crippen LogP contribution in [0.3, 0.4) is 0 Å². The zero-order chi connectivity index (χ0) is 14.8. The van der Waals surface area contributed by atoms with Crippen molar-refractivity contribution in [1.29, 1.82) is 0 Å². The molecule has 1 aliphatic rings. The van der Waals surface area contributed by atoms with E-state index >= 15 is 0 Å². The van der Waals surface area contributed by atoms with E-state index in [1.54, 1.807) is 6.07 Å². The maximum Gasteiger partial charge on any atom is 0.258 e. The minimum atomic E-state index is -0.532. The van der Waals surface area contributed by atoms with Gasteiger partial charge in [-0.15, -0.1) is 0 Å². The van der Waals surface area contributed by atoms with E-state index in [9.17, 15) is 9.18 Å². The number of benzene rings is 2. The van der Waals surface area contributed by atoms with Crippen molar-refractivity contribution in [3.05, 3.63) is 63.4 Å². The van der Waals surface area contributed by atoms with Gasteiger partial charge in [0, 0.05) is 16.7 Å². The number of carbonyl (C=O) groups is 1. The molecule has 2 aromatic carbocycles. The molecule has 3 rings (SSSR count). The van der Waals surface area contributed by atoms with Crippen molar-refractivity contribution in [3.8, 4) is 0 Å². The molecule has 0 aliphatic carbocycles. The Morgan fingerprint density at radius 2 is 2.05 bits per heavy atom. The second kappa shape index (κ2) is 5.95. The number of carbonyl (C=O) groups excluding carboxylic acids is 1. The number of amides is 1. The van der Waals surface area contributed by atoms with E-state index < -0.39 is 11.7 Å². The fourth-order valence-electron chi connectivity index (χ4n) is 2.43. The largest absolute Gasteiger partial charge is 0.322 e. The number of hydrogen-bond acceptors (Lipinski definition) is 2. The first-order valence-corrected chi connectivity index (χ1v) is 7.52. The minimum absolute atomic E-state index is 0.0280. The van der Waals surface area contributed by atoms with Crippen molar-refractivity contribution in [1.82, 2.24) is 5.32 Å². The van der Waals surface area contributed by atoms with Crippen molar-refractivity contribution < 1.29 is 9.18 Å². The lowest BCUT2D eigenvalue weighted by Crippen LogP contribution is -2.23. The molecule has 0 atom stereocenters. The standard InChI is InChI=1S/C16H14BrFN2O/c17-12-2-4-15(18)14(8-12)16(21)20-13-3-1-10-5-6-19-9-11(10)7-13/h1-4,7-8,19H,5-6,9H2,(H,20,21). The molecule has 0 saturated heterocycles.